The lowest BCUT2D eigenvalue weighted by Gasteiger charge is -2.15. The summed E-state index contributed by atoms with van der Waals surface area (Å²) in [4.78, 5) is 0. The summed E-state index contributed by atoms with van der Waals surface area (Å²) in [7, 11) is 0. The normalized spacial score (nSPS) is 12.5. The average molecular weight is 288 g/mol. The predicted molar refractivity (Wildman–Crippen MR) is 72.0 cm³/mol. The van der Waals surface area contributed by atoms with Crippen LogP contribution in [0.15, 0.2) is 42.5 Å². The molecule has 1 atom stereocenters. The van der Waals surface area contributed by atoms with Gasteiger partial charge in [-0.1, -0.05) is 59.1 Å². The molecule has 1 nitrogen and oxygen atoms in total. The first-order chi connectivity index (χ1) is 8.11. The molecule has 2 rings (SSSR count). The van der Waals surface area contributed by atoms with Crippen LogP contribution in [0.5, 0.6) is 0 Å². The molecule has 2 aromatic rings. The molecule has 0 saturated heterocycles. The van der Waals surface area contributed by atoms with Crippen molar-refractivity contribution >= 4 is 34.8 Å². The van der Waals surface area contributed by atoms with Crippen LogP contribution in [0.3, 0.4) is 0 Å². The Morgan fingerprint density at radius 2 is 1.29 bits per heavy atom. The van der Waals surface area contributed by atoms with Crippen molar-refractivity contribution in [3.05, 3.63) is 68.7 Å². The highest BCUT2D eigenvalue weighted by Gasteiger charge is 2.19. The molecule has 0 spiro atoms. The van der Waals surface area contributed by atoms with Crippen molar-refractivity contribution in [3.8, 4) is 0 Å². The Balaban J connectivity index is 2.51. The van der Waals surface area contributed by atoms with Crippen LogP contribution in [0.4, 0.5) is 0 Å². The Hall–Kier alpha value is -0.730. The summed E-state index contributed by atoms with van der Waals surface area (Å²) in [5.41, 5.74) is 1.06. The highest BCUT2D eigenvalue weighted by molar-refractivity contribution is 6.36. The molecule has 0 fully saturated rings. The number of rotatable bonds is 2. The fourth-order valence-corrected chi connectivity index (χ4v) is 2.47. The van der Waals surface area contributed by atoms with Crippen LogP contribution < -0.4 is 0 Å². The Kier molecular flexibility index (Phi) is 3.95. The minimum Gasteiger partial charge on any atom is -0.383 e. The van der Waals surface area contributed by atoms with Crippen LogP contribution >= 0.6 is 34.8 Å². The van der Waals surface area contributed by atoms with Gasteiger partial charge in [0.1, 0.15) is 6.10 Å². The van der Waals surface area contributed by atoms with Gasteiger partial charge in [-0.15, -0.1) is 0 Å². The maximum Gasteiger partial charge on any atom is 0.108 e. The minimum atomic E-state index is -0.926. The van der Waals surface area contributed by atoms with Gasteiger partial charge in [0.25, 0.3) is 0 Å². The SMILES string of the molecule is OC(c1ccccc1Cl)c1c(Cl)cccc1Cl. The molecule has 0 heterocycles. The standard InChI is InChI=1S/C13H9Cl3O/c14-9-5-2-1-4-8(9)13(17)12-10(15)6-3-7-11(12)16/h1-7,13,17H. The van der Waals surface area contributed by atoms with Gasteiger partial charge in [0.05, 0.1) is 0 Å². The van der Waals surface area contributed by atoms with Crippen LogP contribution in [0.2, 0.25) is 15.1 Å². The number of aliphatic hydroxyl groups is 1. The first-order valence-electron chi connectivity index (χ1n) is 4.97. The molecule has 17 heavy (non-hydrogen) atoms. The molecule has 0 radical (unpaired) electrons. The summed E-state index contributed by atoms with van der Waals surface area (Å²) in [5, 5.41) is 11.6. The van der Waals surface area contributed by atoms with E-state index in [1.807, 2.05) is 0 Å². The molecule has 1 unspecified atom stereocenters. The average Bonchev–Trinajstić information content (AvgIpc) is 2.29. The molecule has 4 heteroatoms. The van der Waals surface area contributed by atoms with Crippen LogP contribution in [0.25, 0.3) is 0 Å². The van der Waals surface area contributed by atoms with Crippen LogP contribution in [0.1, 0.15) is 17.2 Å². The molecular weight excluding hydrogens is 279 g/mol. The lowest BCUT2D eigenvalue weighted by atomic mass is 10.0. The van der Waals surface area contributed by atoms with Gasteiger partial charge in [0.2, 0.25) is 0 Å². The van der Waals surface area contributed by atoms with Crippen molar-refractivity contribution in [1.29, 1.82) is 0 Å². The zero-order valence-electron chi connectivity index (χ0n) is 8.70. The van der Waals surface area contributed by atoms with E-state index in [-0.39, 0.29) is 0 Å². The molecule has 2 aromatic carbocycles. The number of halogens is 3. The maximum atomic E-state index is 10.3. The third-order valence-corrected chi connectivity index (χ3v) is 3.48. The van der Waals surface area contributed by atoms with Crippen LogP contribution in [-0.4, -0.2) is 5.11 Å². The van der Waals surface area contributed by atoms with E-state index in [9.17, 15) is 5.11 Å². The van der Waals surface area contributed by atoms with Gasteiger partial charge in [-0.05, 0) is 18.2 Å². The number of aliphatic hydroxyl groups excluding tert-OH is 1. The number of hydrogen-bond donors (Lipinski definition) is 1. The third-order valence-electron chi connectivity index (χ3n) is 2.47. The molecule has 0 aliphatic rings. The fourth-order valence-electron chi connectivity index (χ4n) is 1.62. The molecular formula is C13H9Cl3O. The fraction of sp³-hybridized carbons (Fsp3) is 0.0769. The Morgan fingerprint density at radius 1 is 0.765 bits per heavy atom. The van der Waals surface area contributed by atoms with Gasteiger partial charge in [-0.2, -0.15) is 0 Å². The van der Waals surface area contributed by atoms with Gasteiger partial charge in [-0.3, -0.25) is 0 Å². The van der Waals surface area contributed by atoms with Crippen LogP contribution in [0, 0.1) is 0 Å². The summed E-state index contributed by atoms with van der Waals surface area (Å²) in [5.74, 6) is 0. The lowest BCUT2D eigenvalue weighted by Crippen LogP contribution is -2.02. The van der Waals surface area contributed by atoms with E-state index in [0.717, 1.165) is 0 Å². The quantitative estimate of drug-likeness (QED) is 0.846. The monoisotopic (exact) mass is 286 g/mol. The van der Waals surface area contributed by atoms with Crippen molar-refractivity contribution in [1.82, 2.24) is 0 Å². The predicted octanol–water partition coefficient (Wildman–Crippen LogP) is 4.73. The summed E-state index contributed by atoms with van der Waals surface area (Å²) in [6.45, 7) is 0. The molecule has 0 saturated carbocycles. The van der Waals surface area contributed by atoms with E-state index >= 15 is 0 Å². The topological polar surface area (TPSA) is 20.2 Å². The molecule has 0 aromatic heterocycles. The second kappa shape index (κ2) is 5.28. The molecule has 0 amide bonds. The van der Waals surface area contributed by atoms with E-state index in [1.54, 1.807) is 42.5 Å². The molecule has 88 valence electrons. The van der Waals surface area contributed by atoms with Crippen molar-refractivity contribution in [2.45, 2.75) is 6.10 Å². The molecule has 0 aliphatic carbocycles. The first kappa shape index (κ1) is 12.7. The molecule has 0 aliphatic heterocycles. The Bertz CT molecular complexity index is 520. The van der Waals surface area contributed by atoms with Crippen molar-refractivity contribution in [2.75, 3.05) is 0 Å². The largest absolute Gasteiger partial charge is 0.383 e. The highest BCUT2D eigenvalue weighted by atomic mass is 35.5. The van der Waals surface area contributed by atoms with E-state index in [2.05, 4.69) is 0 Å². The first-order valence-corrected chi connectivity index (χ1v) is 6.11. The third kappa shape index (κ3) is 2.58. The van der Waals surface area contributed by atoms with E-state index in [4.69, 9.17) is 34.8 Å². The summed E-state index contributed by atoms with van der Waals surface area (Å²) in [6, 6.07) is 12.2. The van der Waals surface area contributed by atoms with E-state index < -0.39 is 6.10 Å². The second-order valence-corrected chi connectivity index (χ2v) is 4.78. The second-order valence-electron chi connectivity index (χ2n) is 3.56. The zero-order valence-corrected chi connectivity index (χ0v) is 11.0. The van der Waals surface area contributed by atoms with E-state index in [1.165, 1.54) is 0 Å². The summed E-state index contributed by atoms with van der Waals surface area (Å²) in [6.07, 6.45) is -0.926. The Labute approximate surface area is 115 Å². The van der Waals surface area contributed by atoms with Crippen molar-refractivity contribution in [2.24, 2.45) is 0 Å². The number of benzene rings is 2. The van der Waals surface area contributed by atoms with Gasteiger partial charge >= 0.3 is 0 Å². The minimum absolute atomic E-state index is 0.421. The zero-order chi connectivity index (χ0) is 12.4. The summed E-state index contributed by atoms with van der Waals surface area (Å²) < 4.78 is 0. The highest BCUT2D eigenvalue weighted by Crippen LogP contribution is 2.36. The van der Waals surface area contributed by atoms with Gasteiger partial charge in [-0.25, -0.2) is 0 Å². The van der Waals surface area contributed by atoms with Gasteiger partial charge in [0.15, 0.2) is 0 Å². The smallest absolute Gasteiger partial charge is 0.108 e. The summed E-state index contributed by atoms with van der Waals surface area (Å²) >= 11 is 18.1. The van der Waals surface area contributed by atoms with Gasteiger partial charge < -0.3 is 5.11 Å². The van der Waals surface area contributed by atoms with Crippen LogP contribution in [-0.2, 0) is 0 Å². The Morgan fingerprint density at radius 3 is 1.88 bits per heavy atom. The van der Waals surface area contributed by atoms with Gasteiger partial charge in [0, 0.05) is 26.2 Å². The lowest BCUT2D eigenvalue weighted by molar-refractivity contribution is 0.220. The maximum absolute atomic E-state index is 10.3. The molecule has 0 bridgehead atoms. The van der Waals surface area contributed by atoms with Crippen molar-refractivity contribution in [3.63, 3.8) is 0 Å². The molecule has 1 N–H and O–H groups in total. The number of hydrogen-bond acceptors (Lipinski definition) is 1. The van der Waals surface area contributed by atoms with Crippen molar-refractivity contribution < 1.29 is 5.11 Å². The van der Waals surface area contributed by atoms with E-state index in [0.29, 0.717) is 26.2 Å².